The summed E-state index contributed by atoms with van der Waals surface area (Å²) in [5.41, 5.74) is 2.03. The Bertz CT molecular complexity index is 947. The van der Waals surface area contributed by atoms with Gasteiger partial charge in [0.1, 0.15) is 5.66 Å². The Morgan fingerprint density at radius 2 is 2.00 bits per heavy atom. The van der Waals surface area contributed by atoms with Crippen LogP contribution < -0.4 is 16.0 Å². The summed E-state index contributed by atoms with van der Waals surface area (Å²) < 4.78 is 0. The number of hydrogen-bond donors (Lipinski definition) is 3. The average Bonchev–Trinajstić information content (AvgIpc) is 2.74. The smallest absolute Gasteiger partial charge is 0.255 e. The van der Waals surface area contributed by atoms with Crippen LogP contribution in [0, 0.1) is 17.8 Å². The molecule has 3 fully saturated rings. The number of carbonyl (C=O) groups is 2. The van der Waals surface area contributed by atoms with Gasteiger partial charge in [-0.1, -0.05) is 18.2 Å². The van der Waals surface area contributed by atoms with E-state index in [1.807, 2.05) is 49.4 Å². The second kappa shape index (κ2) is 6.87. The lowest BCUT2D eigenvalue weighted by Crippen LogP contribution is -2.68. The Hall–Kier alpha value is -2.89. The topological polar surface area (TPSA) is 83.1 Å². The monoisotopic (exact) mass is 390 g/mol. The first kappa shape index (κ1) is 18.2. The Kier molecular flexibility index (Phi) is 4.30. The van der Waals surface area contributed by atoms with Crippen LogP contribution in [0.4, 0.5) is 5.69 Å². The van der Waals surface area contributed by atoms with E-state index in [-0.39, 0.29) is 35.6 Å². The first-order valence-electron chi connectivity index (χ1n) is 10.5. The molecule has 2 aromatic rings. The molecule has 1 aliphatic heterocycles. The molecule has 1 aromatic carbocycles. The van der Waals surface area contributed by atoms with Crippen molar-refractivity contribution in [1.82, 2.24) is 15.6 Å². The number of hydrogen-bond acceptors (Lipinski definition) is 4. The van der Waals surface area contributed by atoms with E-state index >= 15 is 0 Å². The molecule has 6 rings (SSSR count). The molecule has 1 spiro atoms. The van der Waals surface area contributed by atoms with Crippen LogP contribution in [-0.4, -0.2) is 22.5 Å². The fourth-order valence-electron chi connectivity index (χ4n) is 5.49. The number of pyridine rings is 1. The third-order valence-electron chi connectivity index (χ3n) is 6.97. The lowest BCUT2D eigenvalue weighted by Gasteiger charge is -2.56. The average molecular weight is 390 g/mol. The van der Waals surface area contributed by atoms with E-state index in [1.54, 1.807) is 6.20 Å². The molecule has 2 amide bonds. The maximum Gasteiger partial charge on any atom is 0.255 e. The van der Waals surface area contributed by atoms with Crippen LogP contribution in [-0.2, 0) is 4.79 Å². The van der Waals surface area contributed by atoms with Crippen LogP contribution in [0.15, 0.2) is 48.7 Å². The maximum atomic E-state index is 13.1. The molecule has 3 saturated carbocycles. The van der Waals surface area contributed by atoms with Crippen molar-refractivity contribution < 1.29 is 9.59 Å². The molecule has 150 valence electrons. The Balaban J connectivity index is 1.32. The molecule has 6 nitrogen and oxygen atoms in total. The van der Waals surface area contributed by atoms with Gasteiger partial charge in [-0.25, -0.2) is 0 Å². The lowest BCUT2D eigenvalue weighted by atomic mass is 9.58. The van der Waals surface area contributed by atoms with Crippen molar-refractivity contribution >= 4 is 17.5 Å². The Morgan fingerprint density at radius 1 is 1.17 bits per heavy atom. The number of benzene rings is 1. The number of aromatic nitrogens is 1. The fourth-order valence-corrected chi connectivity index (χ4v) is 5.49. The Morgan fingerprint density at radius 3 is 2.76 bits per heavy atom. The van der Waals surface area contributed by atoms with Crippen molar-refractivity contribution in [2.45, 2.75) is 44.3 Å². The summed E-state index contributed by atoms with van der Waals surface area (Å²) in [7, 11) is 0. The number of fused-ring (bicyclic) bond motifs is 3. The second-order valence-electron chi connectivity index (χ2n) is 8.66. The maximum absolute atomic E-state index is 13.1. The molecule has 3 aliphatic carbocycles. The normalized spacial score (nSPS) is 30.8. The molecule has 6 heteroatoms. The molecule has 2 bridgehead atoms. The third kappa shape index (κ3) is 3.07. The van der Waals surface area contributed by atoms with Gasteiger partial charge in [0.15, 0.2) is 0 Å². The van der Waals surface area contributed by atoms with Crippen molar-refractivity contribution in [3.8, 4) is 0 Å². The number of carbonyl (C=O) groups excluding carboxylic acids is 2. The highest BCUT2D eigenvalue weighted by molar-refractivity contribution is 6.02. The van der Waals surface area contributed by atoms with Crippen LogP contribution in [0.25, 0.3) is 0 Å². The molecule has 0 radical (unpaired) electrons. The summed E-state index contributed by atoms with van der Waals surface area (Å²) in [5.74, 6) is 0.577. The van der Waals surface area contributed by atoms with Gasteiger partial charge in [0, 0.05) is 23.7 Å². The van der Waals surface area contributed by atoms with Gasteiger partial charge in [0.05, 0.1) is 17.3 Å². The van der Waals surface area contributed by atoms with Gasteiger partial charge < -0.3 is 16.0 Å². The molecule has 4 aliphatic rings. The summed E-state index contributed by atoms with van der Waals surface area (Å²) >= 11 is 0. The summed E-state index contributed by atoms with van der Waals surface area (Å²) in [6.45, 7) is 1.97. The predicted molar refractivity (Wildman–Crippen MR) is 110 cm³/mol. The zero-order valence-electron chi connectivity index (χ0n) is 16.5. The van der Waals surface area contributed by atoms with Crippen molar-refractivity contribution in [1.29, 1.82) is 0 Å². The van der Waals surface area contributed by atoms with E-state index in [2.05, 4.69) is 20.9 Å². The standard InChI is InChI=1S/C23H26N4O2/c1-14(19-7-4-5-11-24-19)25-21(28)18-12-16-10-9-15(18)13-23(16)26-20-8-3-2-6-17(20)22(29)27-23/h2-8,11,14-16,18,26H,9-10,12-13H2,1H3,(H,25,28)(H,27,29)/t14?,15?,16?,18?,23-/m1/s1. The molecule has 3 N–H and O–H groups in total. The number of para-hydroxylation sites is 1. The van der Waals surface area contributed by atoms with Gasteiger partial charge in [-0.15, -0.1) is 0 Å². The highest BCUT2D eigenvalue weighted by Gasteiger charge is 2.55. The molecular formula is C23H26N4O2. The van der Waals surface area contributed by atoms with Crippen molar-refractivity contribution in [3.63, 3.8) is 0 Å². The quantitative estimate of drug-likeness (QED) is 0.751. The number of nitrogens with zero attached hydrogens (tertiary/aromatic N) is 1. The van der Waals surface area contributed by atoms with Gasteiger partial charge in [0.2, 0.25) is 5.91 Å². The predicted octanol–water partition coefficient (Wildman–Crippen LogP) is 3.25. The lowest BCUT2D eigenvalue weighted by molar-refractivity contribution is -0.132. The molecule has 4 unspecified atom stereocenters. The first-order valence-corrected chi connectivity index (χ1v) is 10.5. The summed E-state index contributed by atoms with van der Waals surface area (Å²) in [6.07, 6.45) is 5.38. The van der Waals surface area contributed by atoms with E-state index in [0.29, 0.717) is 5.56 Å². The summed E-state index contributed by atoms with van der Waals surface area (Å²) in [6, 6.07) is 13.3. The van der Waals surface area contributed by atoms with E-state index in [9.17, 15) is 9.59 Å². The van der Waals surface area contributed by atoms with Crippen molar-refractivity contribution in [2.75, 3.05) is 5.32 Å². The zero-order chi connectivity index (χ0) is 20.0. The number of anilines is 1. The highest BCUT2D eigenvalue weighted by atomic mass is 16.2. The van der Waals surface area contributed by atoms with Gasteiger partial charge in [-0.2, -0.15) is 0 Å². The minimum atomic E-state index is -0.433. The van der Waals surface area contributed by atoms with Gasteiger partial charge >= 0.3 is 0 Å². The van der Waals surface area contributed by atoms with Crippen molar-refractivity contribution in [3.05, 3.63) is 59.9 Å². The summed E-state index contributed by atoms with van der Waals surface area (Å²) in [4.78, 5) is 30.1. The molecule has 5 atom stereocenters. The molecule has 0 saturated heterocycles. The molecule has 29 heavy (non-hydrogen) atoms. The van der Waals surface area contributed by atoms with Crippen LogP contribution >= 0.6 is 0 Å². The van der Waals surface area contributed by atoms with Gasteiger partial charge in [0.25, 0.3) is 5.91 Å². The van der Waals surface area contributed by atoms with Crippen LogP contribution in [0.2, 0.25) is 0 Å². The van der Waals surface area contributed by atoms with E-state index in [4.69, 9.17) is 0 Å². The molecular weight excluding hydrogens is 364 g/mol. The molecule has 2 heterocycles. The van der Waals surface area contributed by atoms with Gasteiger partial charge in [-0.3, -0.25) is 14.6 Å². The summed E-state index contributed by atoms with van der Waals surface area (Å²) in [5, 5.41) is 10.0. The van der Waals surface area contributed by atoms with Gasteiger partial charge in [-0.05, 0) is 62.8 Å². The number of rotatable bonds is 3. The van der Waals surface area contributed by atoms with E-state index in [1.165, 1.54) is 0 Å². The third-order valence-corrected chi connectivity index (χ3v) is 6.97. The minimum Gasteiger partial charge on any atom is -0.362 e. The first-order chi connectivity index (χ1) is 14.1. The largest absolute Gasteiger partial charge is 0.362 e. The number of nitrogens with one attached hydrogen (secondary N) is 3. The minimum absolute atomic E-state index is 0.0126. The Labute approximate surface area is 170 Å². The van der Waals surface area contributed by atoms with Crippen LogP contribution in [0.5, 0.6) is 0 Å². The van der Waals surface area contributed by atoms with E-state index in [0.717, 1.165) is 37.1 Å². The molecule has 1 aromatic heterocycles. The van der Waals surface area contributed by atoms with Crippen LogP contribution in [0.1, 0.15) is 54.7 Å². The highest BCUT2D eigenvalue weighted by Crippen LogP contribution is 2.51. The van der Waals surface area contributed by atoms with E-state index < -0.39 is 5.66 Å². The zero-order valence-corrected chi connectivity index (χ0v) is 16.5. The van der Waals surface area contributed by atoms with Crippen molar-refractivity contribution in [2.24, 2.45) is 17.8 Å². The fraction of sp³-hybridized carbons (Fsp3) is 0.435. The SMILES string of the molecule is CC(NC(=O)C1CC2CCC1C[C@@]21NC(=O)c2ccccc2N1)c1ccccn1. The number of amides is 2. The second-order valence-corrected chi connectivity index (χ2v) is 8.66. The van der Waals surface area contributed by atoms with Crippen LogP contribution in [0.3, 0.4) is 0 Å².